The standard InChI is InChI=1S/C15H25N3O/c1-2-17-9-11-18(12-10-17)8-3-13-19-15-6-4-14(16)5-7-15/h4-7H,2-3,8-13,16H2,1H3. The van der Waals surface area contributed by atoms with E-state index < -0.39 is 0 Å². The predicted molar refractivity (Wildman–Crippen MR) is 79.5 cm³/mol. The fraction of sp³-hybridized carbons (Fsp3) is 0.600. The van der Waals surface area contributed by atoms with Crippen LogP contribution in [0.4, 0.5) is 5.69 Å². The summed E-state index contributed by atoms with van der Waals surface area (Å²) in [6, 6.07) is 7.60. The van der Waals surface area contributed by atoms with Crippen LogP contribution in [0, 0.1) is 0 Å². The number of likely N-dealkylation sites (N-methyl/N-ethyl adjacent to an activating group) is 1. The summed E-state index contributed by atoms with van der Waals surface area (Å²) in [5, 5.41) is 0. The fourth-order valence-electron chi connectivity index (χ4n) is 2.37. The van der Waals surface area contributed by atoms with Gasteiger partial charge in [0.2, 0.25) is 0 Å². The number of piperazine rings is 1. The Morgan fingerprint density at radius 3 is 2.32 bits per heavy atom. The molecule has 4 nitrogen and oxygen atoms in total. The Labute approximate surface area is 116 Å². The minimum Gasteiger partial charge on any atom is -0.494 e. The Morgan fingerprint density at radius 2 is 1.68 bits per heavy atom. The molecule has 1 fully saturated rings. The van der Waals surface area contributed by atoms with Crippen molar-refractivity contribution in [1.29, 1.82) is 0 Å². The van der Waals surface area contributed by atoms with Gasteiger partial charge >= 0.3 is 0 Å². The number of hydrogen-bond donors (Lipinski definition) is 1. The van der Waals surface area contributed by atoms with Crippen LogP contribution in [0.25, 0.3) is 0 Å². The van der Waals surface area contributed by atoms with Crippen LogP contribution in [0.5, 0.6) is 5.75 Å². The van der Waals surface area contributed by atoms with Crippen LogP contribution in [0.1, 0.15) is 13.3 Å². The van der Waals surface area contributed by atoms with Crippen LogP contribution < -0.4 is 10.5 Å². The van der Waals surface area contributed by atoms with E-state index in [2.05, 4.69) is 16.7 Å². The quantitative estimate of drug-likeness (QED) is 0.626. The van der Waals surface area contributed by atoms with E-state index >= 15 is 0 Å². The van der Waals surface area contributed by atoms with Crippen LogP contribution in [0.2, 0.25) is 0 Å². The van der Waals surface area contributed by atoms with Crippen molar-refractivity contribution < 1.29 is 4.74 Å². The lowest BCUT2D eigenvalue weighted by molar-refractivity contribution is 0.130. The smallest absolute Gasteiger partial charge is 0.119 e. The summed E-state index contributed by atoms with van der Waals surface area (Å²) < 4.78 is 5.70. The van der Waals surface area contributed by atoms with Gasteiger partial charge in [0.25, 0.3) is 0 Å². The van der Waals surface area contributed by atoms with E-state index in [0.717, 1.165) is 31.0 Å². The van der Waals surface area contributed by atoms with E-state index in [4.69, 9.17) is 10.5 Å². The number of ether oxygens (including phenoxy) is 1. The van der Waals surface area contributed by atoms with Gasteiger partial charge in [0.15, 0.2) is 0 Å². The summed E-state index contributed by atoms with van der Waals surface area (Å²) >= 11 is 0. The highest BCUT2D eigenvalue weighted by Crippen LogP contribution is 2.13. The number of rotatable bonds is 6. The molecule has 2 rings (SSSR count). The molecule has 0 bridgehead atoms. The molecule has 0 radical (unpaired) electrons. The average Bonchev–Trinajstić information content (AvgIpc) is 2.46. The van der Waals surface area contributed by atoms with Crippen molar-refractivity contribution in [1.82, 2.24) is 9.80 Å². The van der Waals surface area contributed by atoms with Gasteiger partial charge in [0.05, 0.1) is 6.61 Å². The van der Waals surface area contributed by atoms with Gasteiger partial charge in [0.1, 0.15) is 5.75 Å². The van der Waals surface area contributed by atoms with Gasteiger partial charge in [-0.25, -0.2) is 0 Å². The van der Waals surface area contributed by atoms with Crippen molar-refractivity contribution in [3.05, 3.63) is 24.3 Å². The molecule has 106 valence electrons. The van der Waals surface area contributed by atoms with E-state index in [-0.39, 0.29) is 0 Å². The maximum absolute atomic E-state index is 5.70. The molecule has 0 atom stereocenters. The van der Waals surface area contributed by atoms with Crippen molar-refractivity contribution in [2.24, 2.45) is 0 Å². The maximum Gasteiger partial charge on any atom is 0.119 e. The summed E-state index contributed by atoms with van der Waals surface area (Å²) in [6.45, 7) is 10.1. The van der Waals surface area contributed by atoms with Gasteiger partial charge in [-0.1, -0.05) is 6.92 Å². The minimum absolute atomic E-state index is 0.776. The zero-order chi connectivity index (χ0) is 13.5. The average molecular weight is 263 g/mol. The van der Waals surface area contributed by atoms with Crippen molar-refractivity contribution in [2.45, 2.75) is 13.3 Å². The predicted octanol–water partition coefficient (Wildman–Crippen LogP) is 1.68. The third kappa shape index (κ3) is 4.73. The third-order valence-electron chi connectivity index (χ3n) is 3.68. The number of hydrogen-bond acceptors (Lipinski definition) is 4. The molecular weight excluding hydrogens is 238 g/mol. The van der Waals surface area contributed by atoms with E-state index in [1.54, 1.807) is 0 Å². The highest BCUT2D eigenvalue weighted by molar-refractivity contribution is 5.41. The second-order valence-corrected chi connectivity index (χ2v) is 5.05. The number of benzene rings is 1. The molecule has 1 aliphatic heterocycles. The van der Waals surface area contributed by atoms with Gasteiger partial charge in [-0.2, -0.15) is 0 Å². The zero-order valence-corrected chi connectivity index (χ0v) is 11.8. The van der Waals surface area contributed by atoms with Gasteiger partial charge in [-0.05, 0) is 37.2 Å². The molecule has 0 spiro atoms. The van der Waals surface area contributed by atoms with Crippen molar-refractivity contribution in [3.8, 4) is 5.75 Å². The minimum atomic E-state index is 0.776. The van der Waals surface area contributed by atoms with Crippen LogP contribution in [-0.2, 0) is 0 Å². The summed E-state index contributed by atoms with van der Waals surface area (Å²) in [5.41, 5.74) is 6.41. The Morgan fingerprint density at radius 1 is 1.05 bits per heavy atom. The molecule has 0 amide bonds. The normalized spacial score (nSPS) is 17.5. The molecule has 1 heterocycles. The first-order chi connectivity index (χ1) is 9.28. The molecule has 1 aromatic carbocycles. The first-order valence-electron chi connectivity index (χ1n) is 7.21. The first kappa shape index (κ1) is 14.2. The maximum atomic E-state index is 5.70. The fourth-order valence-corrected chi connectivity index (χ4v) is 2.37. The number of nitrogens with zero attached hydrogens (tertiary/aromatic N) is 2. The van der Waals surface area contributed by atoms with Crippen molar-refractivity contribution >= 4 is 5.69 Å². The molecule has 1 saturated heterocycles. The molecular formula is C15H25N3O. The Bertz CT molecular complexity index is 358. The van der Waals surface area contributed by atoms with Crippen LogP contribution in [0.3, 0.4) is 0 Å². The summed E-state index contributed by atoms with van der Waals surface area (Å²) in [4.78, 5) is 5.03. The number of nitrogens with two attached hydrogens (primary N) is 1. The molecule has 0 aromatic heterocycles. The van der Waals surface area contributed by atoms with Crippen molar-refractivity contribution in [2.75, 3.05) is 51.6 Å². The van der Waals surface area contributed by atoms with Crippen LogP contribution in [-0.4, -0.2) is 55.7 Å². The largest absolute Gasteiger partial charge is 0.494 e. The lowest BCUT2D eigenvalue weighted by Gasteiger charge is -2.33. The lowest BCUT2D eigenvalue weighted by atomic mass is 10.3. The van der Waals surface area contributed by atoms with Gasteiger partial charge < -0.3 is 20.3 Å². The second kappa shape index (κ2) is 7.36. The number of anilines is 1. The third-order valence-corrected chi connectivity index (χ3v) is 3.68. The number of nitrogen functional groups attached to an aromatic ring is 1. The monoisotopic (exact) mass is 263 g/mol. The van der Waals surface area contributed by atoms with Gasteiger partial charge in [-0.15, -0.1) is 0 Å². The Kier molecular flexibility index (Phi) is 5.48. The zero-order valence-electron chi connectivity index (χ0n) is 11.8. The summed E-state index contributed by atoms with van der Waals surface area (Å²) in [7, 11) is 0. The lowest BCUT2D eigenvalue weighted by Crippen LogP contribution is -2.46. The van der Waals surface area contributed by atoms with Gasteiger partial charge in [0, 0.05) is 38.4 Å². The van der Waals surface area contributed by atoms with E-state index in [1.165, 1.54) is 32.7 Å². The SMILES string of the molecule is CCN1CCN(CCCOc2ccc(N)cc2)CC1. The summed E-state index contributed by atoms with van der Waals surface area (Å²) in [5.74, 6) is 0.907. The van der Waals surface area contributed by atoms with E-state index in [0.29, 0.717) is 0 Å². The van der Waals surface area contributed by atoms with E-state index in [9.17, 15) is 0 Å². The molecule has 0 aliphatic carbocycles. The van der Waals surface area contributed by atoms with E-state index in [1.807, 2.05) is 24.3 Å². The molecule has 0 saturated carbocycles. The molecule has 1 aliphatic rings. The van der Waals surface area contributed by atoms with Crippen LogP contribution in [0.15, 0.2) is 24.3 Å². The first-order valence-corrected chi connectivity index (χ1v) is 7.21. The Balaban J connectivity index is 1.58. The second-order valence-electron chi connectivity index (χ2n) is 5.05. The molecule has 0 unspecified atom stereocenters. The molecule has 1 aromatic rings. The molecule has 19 heavy (non-hydrogen) atoms. The molecule has 4 heteroatoms. The molecule has 2 N–H and O–H groups in total. The van der Waals surface area contributed by atoms with Crippen molar-refractivity contribution in [3.63, 3.8) is 0 Å². The highest BCUT2D eigenvalue weighted by atomic mass is 16.5. The summed E-state index contributed by atoms with van der Waals surface area (Å²) in [6.07, 6.45) is 1.08. The topological polar surface area (TPSA) is 41.7 Å². The Hall–Kier alpha value is -1.26. The van der Waals surface area contributed by atoms with Gasteiger partial charge in [-0.3, -0.25) is 0 Å². The highest BCUT2D eigenvalue weighted by Gasteiger charge is 2.14. The van der Waals surface area contributed by atoms with Crippen LogP contribution >= 0.6 is 0 Å².